The van der Waals surface area contributed by atoms with Gasteiger partial charge in [0.1, 0.15) is 0 Å². The van der Waals surface area contributed by atoms with Crippen LogP contribution in [0.4, 0.5) is 0 Å². The van der Waals surface area contributed by atoms with Crippen molar-refractivity contribution in [2.45, 2.75) is 25.3 Å². The van der Waals surface area contributed by atoms with Crippen molar-refractivity contribution >= 4 is 28.8 Å². The Morgan fingerprint density at radius 1 is 1.26 bits per heavy atom. The van der Waals surface area contributed by atoms with Crippen LogP contribution in [0.3, 0.4) is 0 Å². The molecule has 0 aliphatic rings. The number of hydrogen-bond acceptors (Lipinski definition) is 2. The van der Waals surface area contributed by atoms with Crippen LogP contribution >= 0.6 is 22.9 Å². The molecule has 1 N–H and O–H groups in total. The number of carbonyl (C=O) groups excluding carboxylic acids is 1. The van der Waals surface area contributed by atoms with Crippen molar-refractivity contribution < 1.29 is 4.79 Å². The molecule has 2 nitrogen and oxygen atoms in total. The molecule has 19 heavy (non-hydrogen) atoms. The third-order valence-corrected chi connectivity index (χ3v) is 3.91. The van der Waals surface area contributed by atoms with Gasteiger partial charge in [-0.2, -0.15) is 11.3 Å². The first-order valence-electron chi connectivity index (χ1n) is 6.16. The zero-order valence-electron chi connectivity index (χ0n) is 10.7. The molecule has 0 spiro atoms. The van der Waals surface area contributed by atoms with Gasteiger partial charge in [0.05, 0.1) is 0 Å². The lowest BCUT2D eigenvalue weighted by molar-refractivity contribution is 0.0940. The maximum Gasteiger partial charge on any atom is 0.251 e. The fourth-order valence-electron chi connectivity index (χ4n) is 1.87. The van der Waals surface area contributed by atoms with E-state index < -0.39 is 0 Å². The van der Waals surface area contributed by atoms with Gasteiger partial charge in [-0.25, -0.2) is 0 Å². The van der Waals surface area contributed by atoms with Crippen molar-refractivity contribution in [1.29, 1.82) is 0 Å². The van der Waals surface area contributed by atoms with Gasteiger partial charge >= 0.3 is 0 Å². The van der Waals surface area contributed by atoms with Gasteiger partial charge in [0.2, 0.25) is 0 Å². The van der Waals surface area contributed by atoms with Crippen LogP contribution in [0, 0.1) is 0 Å². The Morgan fingerprint density at radius 2 is 2.00 bits per heavy atom. The highest BCUT2D eigenvalue weighted by atomic mass is 35.5. The normalized spacial score (nSPS) is 12.1. The van der Waals surface area contributed by atoms with Crippen LogP contribution in [0.5, 0.6) is 0 Å². The molecular weight excluding hydrogens is 278 g/mol. The molecule has 1 unspecified atom stereocenters. The Balaban J connectivity index is 1.92. The van der Waals surface area contributed by atoms with E-state index in [0.717, 1.165) is 12.0 Å². The summed E-state index contributed by atoms with van der Waals surface area (Å²) in [6, 6.07) is 9.59. The third-order valence-electron chi connectivity index (χ3n) is 2.87. The summed E-state index contributed by atoms with van der Waals surface area (Å²) in [6.45, 7) is 2.02. The second-order valence-electron chi connectivity index (χ2n) is 4.54. The summed E-state index contributed by atoms with van der Waals surface area (Å²) in [5, 5.41) is 7.16. The van der Waals surface area contributed by atoms with Crippen molar-refractivity contribution in [1.82, 2.24) is 5.32 Å². The summed E-state index contributed by atoms with van der Waals surface area (Å²) in [4.78, 5) is 12.0. The zero-order chi connectivity index (χ0) is 13.7. The lowest BCUT2D eigenvalue weighted by atomic mass is 10.1. The van der Waals surface area contributed by atoms with E-state index in [1.807, 2.05) is 31.2 Å². The van der Waals surface area contributed by atoms with Gasteiger partial charge in [0.15, 0.2) is 0 Å². The molecule has 2 aromatic rings. The smallest absolute Gasteiger partial charge is 0.251 e. The molecule has 1 amide bonds. The van der Waals surface area contributed by atoms with E-state index >= 15 is 0 Å². The first-order valence-corrected chi connectivity index (χ1v) is 7.63. The number of alkyl halides is 1. The Morgan fingerprint density at radius 3 is 2.58 bits per heavy atom. The molecule has 0 aliphatic heterocycles. The van der Waals surface area contributed by atoms with E-state index in [1.165, 1.54) is 5.56 Å². The minimum absolute atomic E-state index is 0.0381. The first-order chi connectivity index (χ1) is 9.19. The third kappa shape index (κ3) is 4.08. The Hall–Kier alpha value is -1.32. The lowest BCUT2D eigenvalue weighted by Crippen LogP contribution is -2.33. The highest BCUT2D eigenvalue weighted by molar-refractivity contribution is 7.07. The van der Waals surface area contributed by atoms with E-state index in [2.05, 4.69) is 22.1 Å². The minimum atomic E-state index is -0.0381. The van der Waals surface area contributed by atoms with Crippen LogP contribution in [0.15, 0.2) is 41.1 Å². The summed E-state index contributed by atoms with van der Waals surface area (Å²) < 4.78 is 0. The van der Waals surface area contributed by atoms with Crippen molar-refractivity contribution in [2.24, 2.45) is 0 Å². The van der Waals surface area contributed by atoms with Gasteiger partial charge < -0.3 is 5.32 Å². The SMILES string of the molecule is CC(Cc1ccsc1)NC(=O)c1ccc(CCl)cc1. The number of halogens is 1. The van der Waals surface area contributed by atoms with Gasteiger partial charge in [0.25, 0.3) is 5.91 Å². The quantitative estimate of drug-likeness (QED) is 0.834. The van der Waals surface area contributed by atoms with Gasteiger partial charge in [-0.05, 0) is 53.4 Å². The topological polar surface area (TPSA) is 29.1 Å². The molecule has 0 saturated carbocycles. The van der Waals surface area contributed by atoms with Gasteiger partial charge in [-0.1, -0.05) is 12.1 Å². The molecule has 0 radical (unpaired) electrons. The molecule has 0 saturated heterocycles. The van der Waals surface area contributed by atoms with Crippen molar-refractivity contribution in [2.75, 3.05) is 0 Å². The number of nitrogens with one attached hydrogen (secondary N) is 1. The number of rotatable bonds is 5. The van der Waals surface area contributed by atoms with E-state index in [9.17, 15) is 4.79 Å². The molecule has 100 valence electrons. The molecule has 0 aliphatic carbocycles. The monoisotopic (exact) mass is 293 g/mol. The highest BCUT2D eigenvalue weighted by Crippen LogP contribution is 2.10. The van der Waals surface area contributed by atoms with Crippen molar-refractivity contribution in [3.05, 3.63) is 57.8 Å². The summed E-state index contributed by atoms with van der Waals surface area (Å²) in [5.74, 6) is 0.431. The van der Waals surface area contributed by atoms with Crippen LogP contribution in [0.2, 0.25) is 0 Å². The fraction of sp³-hybridized carbons (Fsp3) is 0.267. The second kappa shape index (κ2) is 6.73. The molecule has 4 heteroatoms. The standard InChI is InChI=1S/C15H16ClNOS/c1-11(8-13-6-7-19-10-13)17-15(18)14-4-2-12(9-16)3-5-14/h2-7,10-11H,8-9H2,1H3,(H,17,18). The predicted octanol–water partition coefficient (Wildman–Crippen LogP) is 3.85. The molecule has 1 atom stereocenters. The van der Waals surface area contributed by atoms with Crippen molar-refractivity contribution in [3.8, 4) is 0 Å². The van der Waals surface area contributed by atoms with Gasteiger partial charge in [-0.3, -0.25) is 4.79 Å². The van der Waals surface area contributed by atoms with E-state index in [4.69, 9.17) is 11.6 Å². The molecule has 0 bridgehead atoms. The first kappa shape index (κ1) is 14.1. The van der Waals surface area contributed by atoms with E-state index in [-0.39, 0.29) is 11.9 Å². The Kier molecular flexibility index (Phi) is 5.00. The molecule has 1 heterocycles. The number of carbonyl (C=O) groups is 1. The highest BCUT2D eigenvalue weighted by Gasteiger charge is 2.10. The number of thiophene rings is 1. The average molecular weight is 294 g/mol. The van der Waals surface area contributed by atoms with E-state index in [1.54, 1.807) is 11.3 Å². The maximum absolute atomic E-state index is 12.0. The van der Waals surface area contributed by atoms with Crippen LogP contribution in [0.1, 0.15) is 28.4 Å². The number of amides is 1. The fourth-order valence-corrected chi connectivity index (χ4v) is 2.73. The summed E-state index contributed by atoms with van der Waals surface area (Å²) >= 11 is 7.40. The molecule has 1 aromatic heterocycles. The van der Waals surface area contributed by atoms with Crippen LogP contribution in [0.25, 0.3) is 0 Å². The minimum Gasteiger partial charge on any atom is -0.349 e. The zero-order valence-corrected chi connectivity index (χ0v) is 12.3. The lowest BCUT2D eigenvalue weighted by Gasteiger charge is -2.13. The van der Waals surface area contributed by atoms with Crippen LogP contribution in [-0.4, -0.2) is 11.9 Å². The molecule has 1 aromatic carbocycles. The largest absolute Gasteiger partial charge is 0.349 e. The molecular formula is C15H16ClNOS. The summed E-state index contributed by atoms with van der Waals surface area (Å²) in [5.41, 5.74) is 2.95. The second-order valence-corrected chi connectivity index (χ2v) is 5.59. The van der Waals surface area contributed by atoms with Crippen molar-refractivity contribution in [3.63, 3.8) is 0 Å². The predicted molar refractivity (Wildman–Crippen MR) is 81.0 cm³/mol. The average Bonchev–Trinajstić information content (AvgIpc) is 2.91. The number of hydrogen-bond donors (Lipinski definition) is 1. The van der Waals surface area contributed by atoms with Gasteiger partial charge in [0, 0.05) is 17.5 Å². The van der Waals surface area contributed by atoms with Crippen LogP contribution < -0.4 is 5.32 Å². The molecule has 2 rings (SSSR count). The molecule has 0 fully saturated rings. The van der Waals surface area contributed by atoms with Crippen LogP contribution in [-0.2, 0) is 12.3 Å². The summed E-state index contributed by atoms with van der Waals surface area (Å²) in [6.07, 6.45) is 0.856. The Bertz CT molecular complexity index is 522. The van der Waals surface area contributed by atoms with E-state index in [0.29, 0.717) is 11.4 Å². The van der Waals surface area contributed by atoms with Gasteiger partial charge in [-0.15, -0.1) is 11.6 Å². The Labute approximate surface area is 122 Å². The number of benzene rings is 1. The summed E-state index contributed by atoms with van der Waals surface area (Å²) in [7, 11) is 0. The maximum atomic E-state index is 12.0.